The van der Waals surface area contributed by atoms with Gasteiger partial charge in [-0.1, -0.05) is 0 Å². The fourth-order valence-corrected chi connectivity index (χ4v) is 6.34. The fourth-order valence-electron chi connectivity index (χ4n) is 5.41. The number of carbonyl (C=O) groups is 1. The number of carbonyl (C=O) groups excluding carboxylic acids is 1. The maximum atomic E-state index is 13.6. The first-order valence-corrected chi connectivity index (χ1v) is 14.1. The highest BCUT2D eigenvalue weighted by atomic mass is 32.2. The van der Waals surface area contributed by atoms with E-state index in [1.807, 2.05) is 13.0 Å². The number of aryl methyl sites for hydroxylation is 1. The molecule has 2 aromatic carbocycles. The van der Waals surface area contributed by atoms with Crippen LogP contribution in [0.4, 0.5) is 11.4 Å². The SMILES string of the molecule is Cc1cc(=O)[nH]c2ccc(NC(=O)c3cc(S(=O)(=O)N(C)C)ccc3N3CCC(N4CCCC4)C3)cc12. The van der Waals surface area contributed by atoms with E-state index >= 15 is 0 Å². The zero-order valence-electron chi connectivity index (χ0n) is 21.5. The lowest BCUT2D eigenvalue weighted by atomic mass is 10.1. The molecule has 2 aliphatic rings. The highest BCUT2D eigenvalue weighted by Crippen LogP contribution is 2.31. The highest BCUT2D eigenvalue weighted by Gasteiger charge is 2.32. The minimum Gasteiger partial charge on any atom is -0.369 e. The van der Waals surface area contributed by atoms with E-state index in [9.17, 15) is 18.0 Å². The molecule has 3 heterocycles. The predicted octanol–water partition coefficient (Wildman–Crippen LogP) is 3.01. The molecule has 0 saturated carbocycles. The second kappa shape index (κ2) is 9.92. The van der Waals surface area contributed by atoms with E-state index in [4.69, 9.17) is 0 Å². The standard InChI is InChI=1S/C27H33N5O4S/c1-18-14-26(33)29-24-8-6-19(15-22(18)24)28-27(34)23-16-21(37(35,36)30(2)3)7-9-25(23)32-13-10-20(17-32)31-11-4-5-12-31/h6-9,14-16,20H,4-5,10-13,17H2,1-3H3,(H,28,34)(H,29,33). The Labute approximate surface area is 217 Å². The van der Waals surface area contributed by atoms with Crippen LogP contribution in [-0.4, -0.2) is 74.8 Å². The molecule has 0 radical (unpaired) electrons. The molecule has 2 saturated heterocycles. The summed E-state index contributed by atoms with van der Waals surface area (Å²) in [5.74, 6) is -0.378. The molecule has 10 heteroatoms. The second-order valence-corrected chi connectivity index (χ2v) is 12.3. The van der Waals surface area contributed by atoms with Gasteiger partial charge in [-0.3, -0.25) is 14.5 Å². The van der Waals surface area contributed by atoms with Crippen molar-refractivity contribution in [1.82, 2.24) is 14.2 Å². The Morgan fingerprint density at radius 3 is 2.54 bits per heavy atom. The molecule has 2 N–H and O–H groups in total. The first-order chi connectivity index (χ1) is 17.6. The van der Waals surface area contributed by atoms with Crippen LogP contribution in [0.2, 0.25) is 0 Å². The first-order valence-electron chi connectivity index (χ1n) is 12.6. The summed E-state index contributed by atoms with van der Waals surface area (Å²) in [5.41, 5.74) is 2.94. The summed E-state index contributed by atoms with van der Waals surface area (Å²) in [5, 5.41) is 3.78. The van der Waals surface area contributed by atoms with E-state index in [0.717, 1.165) is 53.5 Å². The number of pyridine rings is 1. The zero-order chi connectivity index (χ0) is 26.3. The monoisotopic (exact) mass is 523 g/mol. The lowest BCUT2D eigenvalue weighted by Gasteiger charge is -2.26. The van der Waals surface area contributed by atoms with E-state index in [1.54, 1.807) is 24.3 Å². The normalized spacial score (nSPS) is 18.7. The van der Waals surface area contributed by atoms with Gasteiger partial charge in [0.2, 0.25) is 15.6 Å². The Morgan fingerprint density at radius 1 is 1.05 bits per heavy atom. The van der Waals surface area contributed by atoms with E-state index in [1.165, 1.54) is 39.1 Å². The van der Waals surface area contributed by atoms with Gasteiger partial charge in [0.1, 0.15) is 0 Å². The molecule has 0 aliphatic carbocycles. The quantitative estimate of drug-likeness (QED) is 0.515. The van der Waals surface area contributed by atoms with Crippen molar-refractivity contribution in [3.63, 3.8) is 0 Å². The van der Waals surface area contributed by atoms with E-state index in [0.29, 0.717) is 22.8 Å². The number of rotatable bonds is 6. The summed E-state index contributed by atoms with van der Waals surface area (Å²) >= 11 is 0. The molecule has 196 valence electrons. The number of aromatic amines is 1. The molecule has 1 atom stereocenters. The molecule has 1 amide bonds. The van der Waals surface area contributed by atoms with Gasteiger partial charge in [-0.25, -0.2) is 12.7 Å². The van der Waals surface area contributed by atoms with Gasteiger partial charge in [-0.2, -0.15) is 0 Å². The van der Waals surface area contributed by atoms with Crippen LogP contribution < -0.4 is 15.8 Å². The predicted molar refractivity (Wildman–Crippen MR) is 146 cm³/mol. The number of hydrogen-bond donors (Lipinski definition) is 2. The maximum Gasteiger partial charge on any atom is 0.257 e. The van der Waals surface area contributed by atoms with Gasteiger partial charge >= 0.3 is 0 Å². The minimum atomic E-state index is -3.72. The number of H-pyrrole nitrogens is 1. The molecular weight excluding hydrogens is 490 g/mol. The molecule has 1 aromatic heterocycles. The largest absolute Gasteiger partial charge is 0.369 e. The summed E-state index contributed by atoms with van der Waals surface area (Å²) < 4.78 is 26.9. The van der Waals surface area contributed by atoms with Crippen LogP contribution in [0.1, 0.15) is 35.2 Å². The van der Waals surface area contributed by atoms with Gasteiger partial charge in [-0.05, 0) is 81.2 Å². The van der Waals surface area contributed by atoms with Crippen molar-refractivity contribution in [1.29, 1.82) is 0 Å². The van der Waals surface area contributed by atoms with Crippen LogP contribution in [0.3, 0.4) is 0 Å². The molecule has 1 unspecified atom stereocenters. The van der Waals surface area contributed by atoms with Crippen LogP contribution in [0.25, 0.3) is 10.9 Å². The van der Waals surface area contributed by atoms with Crippen LogP contribution in [0.15, 0.2) is 52.2 Å². The highest BCUT2D eigenvalue weighted by molar-refractivity contribution is 7.89. The Hall–Kier alpha value is -3.21. The molecule has 5 rings (SSSR count). The summed E-state index contributed by atoms with van der Waals surface area (Å²) in [7, 11) is -0.760. The number of nitrogens with one attached hydrogen (secondary N) is 2. The van der Waals surface area contributed by atoms with Crippen molar-refractivity contribution >= 4 is 38.2 Å². The van der Waals surface area contributed by atoms with Gasteiger partial charge in [0, 0.05) is 61.6 Å². The molecule has 37 heavy (non-hydrogen) atoms. The summed E-state index contributed by atoms with van der Waals surface area (Å²) in [6.45, 7) is 5.68. The number of fused-ring (bicyclic) bond motifs is 1. The van der Waals surface area contributed by atoms with Crippen LogP contribution >= 0.6 is 0 Å². The third-order valence-electron chi connectivity index (χ3n) is 7.46. The van der Waals surface area contributed by atoms with Gasteiger partial charge < -0.3 is 15.2 Å². The Bertz CT molecular complexity index is 1510. The molecule has 0 bridgehead atoms. The molecular formula is C27H33N5O4S. The number of benzene rings is 2. The smallest absolute Gasteiger partial charge is 0.257 e. The van der Waals surface area contributed by atoms with Gasteiger partial charge in [0.25, 0.3) is 5.91 Å². The van der Waals surface area contributed by atoms with E-state index in [2.05, 4.69) is 20.1 Å². The van der Waals surface area contributed by atoms with Crippen molar-refractivity contribution in [3.8, 4) is 0 Å². The topological polar surface area (TPSA) is 106 Å². The zero-order valence-corrected chi connectivity index (χ0v) is 22.3. The van der Waals surface area contributed by atoms with Crippen molar-refractivity contribution < 1.29 is 13.2 Å². The molecule has 9 nitrogen and oxygen atoms in total. The number of nitrogens with zero attached hydrogens (tertiary/aromatic N) is 3. The van der Waals surface area contributed by atoms with Crippen LogP contribution in [-0.2, 0) is 10.0 Å². The third kappa shape index (κ3) is 5.01. The van der Waals surface area contributed by atoms with Crippen molar-refractivity contribution in [2.75, 3.05) is 50.5 Å². The Kier molecular flexibility index (Phi) is 6.82. The van der Waals surface area contributed by atoms with Crippen LogP contribution in [0, 0.1) is 6.92 Å². The lowest BCUT2D eigenvalue weighted by molar-refractivity contribution is 0.102. The minimum absolute atomic E-state index is 0.0774. The molecule has 0 spiro atoms. The summed E-state index contributed by atoms with van der Waals surface area (Å²) in [6.07, 6.45) is 3.46. The van der Waals surface area contributed by atoms with E-state index < -0.39 is 10.0 Å². The lowest BCUT2D eigenvalue weighted by Crippen LogP contribution is -2.35. The number of aromatic nitrogens is 1. The number of hydrogen-bond acceptors (Lipinski definition) is 6. The summed E-state index contributed by atoms with van der Waals surface area (Å²) in [6, 6.07) is 12.1. The van der Waals surface area contributed by atoms with Crippen molar-refractivity contribution in [2.24, 2.45) is 0 Å². The van der Waals surface area contributed by atoms with Crippen LogP contribution in [0.5, 0.6) is 0 Å². The van der Waals surface area contributed by atoms with Gasteiger partial charge in [-0.15, -0.1) is 0 Å². The average Bonchev–Trinajstić information content (AvgIpc) is 3.56. The average molecular weight is 524 g/mol. The Balaban J connectivity index is 1.49. The van der Waals surface area contributed by atoms with E-state index in [-0.39, 0.29) is 16.4 Å². The first kappa shape index (κ1) is 25.4. The van der Waals surface area contributed by atoms with Crippen molar-refractivity contribution in [3.05, 3.63) is 63.9 Å². The number of amides is 1. The summed E-state index contributed by atoms with van der Waals surface area (Å²) in [4.78, 5) is 33.0. The molecule has 2 aliphatic heterocycles. The van der Waals surface area contributed by atoms with Gasteiger partial charge in [0.05, 0.1) is 10.5 Å². The molecule has 2 fully saturated rings. The van der Waals surface area contributed by atoms with Crippen molar-refractivity contribution in [2.45, 2.75) is 37.1 Å². The number of anilines is 2. The number of sulfonamides is 1. The molecule has 3 aromatic rings. The maximum absolute atomic E-state index is 13.6. The Morgan fingerprint density at radius 2 is 1.81 bits per heavy atom. The fraction of sp³-hybridized carbons (Fsp3) is 0.407. The second-order valence-electron chi connectivity index (χ2n) is 10.1. The number of likely N-dealkylation sites (tertiary alicyclic amines) is 1. The third-order valence-corrected chi connectivity index (χ3v) is 9.27. The van der Waals surface area contributed by atoms with Gasteiger partial charge in [0.15, 0.2) is 0 Å².